The molecule has 0 atom stereocenters. The Morgan fingerprint density at radius 2 is 1.27 bits per heavy atom. The predicted octanol–water partition coefficient (Wildman–Crippen LogP) is 10.2. The minimum absolute atomic E-state index is 0.00872. The molecular formula is C34H18F10. The van der Waals surface area contributed by atoms with Gasteiger partial charge in [-0.3, -0.25) is 0 Å². The van der Waals surface area contributed by atoms with Crippen LogP contribution in [0.5, 0.6) is 0 Å². The van der Waals surface area contributed by atoms with E-state index in [4.69, 9.17) is 0 Å². The molecule has 0 heterocycles. The molecule has 0 bridgehead atoms. The average Bonchev–Trinajstić information content (AvgIpc) is 2.91. The predicted molar refractivity (Wildman–Crippen MR) is 146 cm³/mol. The molecule has 0 aliphatic rings. The number of benzene rings is 5. The molecule has 44 heavy (non-hydrogen) atoms. The fourth-order valence-corrected chi connectivity index (χ4v) is 4.90. The lowest BCUT2D eigenvalue weighted by Gasteiger charge is -2.12. The minimum atomic E-state index is -4.98. The Bertz CT molecular complexity index is 1950. The van der Waals surface area contributed by atoms with Crippen LogP contribution in [0, 0.1) is 59.5 Å². The summed E-state index contributed by atoms with van der Waals surface area (Å²) < 4.78 is 141. The van der Waals surface area contributed by atoms with E-state index in [2.05, 4.69) is 0 Å². The fraction of sp³-hybridized carbons (Fsp3) is 0.118. The van der Waals surface area contributed by atoms with E-state index in [9.17, 15) is 35.1 Å². The Morgan fingerprint density at radius 1 is 0.614 bits per heavy atom. The monoisotopic (exact) mass is 616 g/mol. The Labute approximate surface area is 244 Å². The first kappa shape index (κ1) is 30.7. The standard InChI is InChI=1S/C34H18F10/c1-17-2-5-22(26(35)10-17)21-15-27(36)24(28(37)16-21)6-3-18-11-30(39)32(31(40)12-18)19-4-7-23-20(13-19)14-29(38)25(33(23)41)8-9-34(42,43)44/h2,4-5,7,10-16H,3,6H2,1H3. The molecule has 0 radical (unpaired) electrons. The van der Waals surface area contributed by atoms with Gasteiger partial charge in [-0.05, 0) is 89.9 Å². The van der Waals surface area contributed by atoms with Gasteiger partial charge in [-0.15, -0.1) is 0 Å². The highest BCUT2D eigenvalue weighted by molar-refractivity contribution is 5.89. The molecule has 0 saturated heterocycles. The highest BCUT2D eigenvalue weighted by atomic mass is 19.4. The second kappa shape index (κ2) is 11.7. The lowest BCUT2D eigenvalue weighted by molar-refractivity contribution is -0.0696. The first-order chi connectivity index (χ1) is 20.7. The summed E-state index contributed by atoms with van der Waals surface area (Å²) in [7, 11) is 0. The normalized spacial score (nSPS) is 11.5. The molecule has 0 aliphatic carbocycles. The zero-order valence-corrected chi connectivity index (χ0v) is 22.5. The van der Waals surface area contributed by atoms with Crippen LogP contribution in [0.25, 0.3) is 33.0 Å². The third-order valence-corrected chi connectivity index (χ3v) is 6.99. The maximum absolute atomic E-state index is 15.1. The molecule has 0 N–H and O–H groups in total. The van der Waals surface area contributed by atoms with Crippen LogP contribution >= 0.6 is 0 Å². The largest absolute Gasteiger partial charge is 0.458 e. The summed E-state index contributed by atoms with van der Waals surface area (Å²) in [5.41, 5.74) is -1.45. The van der Waals surface area contributed by atoms with Gasteiger partial charge < -0.3 is 0 Å². The van der Waals surface area contributed by atoms with Crippen molar-refractivity contribution in [3.05, 3.63) is 130 Å². The van der Waals surface area contributed by atoms with Crippen LogP contribution in [0.15, 0.2) is 66.7 Å². The maximum Gasteiger partial charge on any atom is 0.458 e. The zero-order chi connectivity index (χ0) is 31.9. The van der Waals surface area contributed by atoms with Gasteiger partial charge in [0.2, 0.25) is 0 Å². The fourth-order valence-electron chi connectivity index (χ4n) is 4.90. The van der Waals surface area contributed by atoms with Crippen molar-refractivity contribution in [3.63, 3.8) is 0 Å². The topological polar surface area (TPSA) is 0 Å². The highest BCUT2D eigenvalue weighted by Crippen LogP contribution is 2.33. The maximum atomic E-state index is 15.1. The van der Waals surface area contributed by atoms with Gasteiger partial charge in [-0.1, -0.05) is 30.2 Å². The van der Waals surface area contributed by atoms with Gasteiger partial charge in [0.05, 0.1) is 11.1 Å². The van der Waals surface area contributed by atoms with Gasteiger partial charge in [0.15, 0.2) is 0 Å². The molecule has 5 aromatic carbocycles. The zero-order valence-electron chi connectivity index (χ0n) is 22.5. The number of fused-ring (bicyclic) bond motifs is 1. The van der Waals surface area contributed by atoms with Gasteiger partial charge in [0, 0.05) is 22.4 Å². The Kier molecular flexibility index (Phi) is 8.17. The van der Waals surface area contributed by atoms with Crippen molar-refractivity contribution in [1.82, 2.24) is 0 Å². The summed E-state index contributed by atoms with van der Waals surface area (Å²) in [5, 5.41) is -0.503. The summed E-state index contributed by atoms with van der Waals surface area (Å²) in [5.74, 6) is -5.24. The van der Waals surface area contributed by atoms with Crippen molar-refractivity contribution in [2.75, 3.05) is 0 Å². The molecule has 5 aromatic rings. The smallest absolute Gasteiger partial charge is 0.207 e. The molecule has 0 spiro atoms. The van der Waals surface area contributed by atoms with E-state index >= 15 is 8.78 Å². The molecule has 0 aromatic heterocycles. The van der Waals surface area contributed by atoms with E-state index < -0.39 is 58.0 Å². The van der Waals surface area contributed by atoms with Gasteiger partial charge in [-0.25, -0.2) is 30.7 Å². The summed E-state index contributed by atoms with van der Waals surface area (Å²) in [6, 6.07) is 12.0. The first-order valence-corrected chi connectivity index (χ1v) is 13.0. The van der Waals surface area contributed by atoms with Crippen molar-refractivity contribution < 1.29 is 43.9 Å². The molecule has 0 nitrogen and oxygen atoms in total. The number of hydrogen-bond acceptors (Lipinski definition) is 0. The van der Waals surface area contributed by atoms with Crippen LogP contribution in [0.1, 0.15) is 22.3 Å². The molecule has 0 saturated carbocycles. The van der Waals surface area contributed by atoms with E-state index in [1.165, 1.54) is 18.1 Å². The van der Waals surface area contributed by atoms with Crippen LogP contribution in [0.4, 0.5) is 43.9 Å². The van der Waals surface area contributed by atoms with Crippen molar-refractivity contribution in [1.29, 1.82) is 0 Å². The second-order valence-corrected chi connectivity index (χ2v) is 10.1. The van der Waals surface area contributed by atoms with Crippen LogP contribution in [0.2, 0.25) is 0 Å². The lowest BCUT2D eigenvalue weighted by atomic mass is 9.95. The average molecular weight is 616 g/mol. The third kappa shape index (κ3) is 6.27. The van der Waals surface area contributed by atoms with E-state index in [0.29, 0.717) is 11.6 Å². The Hall–Kier alpha value is -4.78. The van der Waals surface area contributed by atoms with Crippen LogP contribution in [-0.2, 0) is 12.8 Å². The molecular weight excluding hydrogens is 598 g/mol. The van der Waals surface area contributed by atoms with Crippen molar-refractivity contribution >= 4 is 10.8 Å². The van der Waals surface area contributed by atoms with E-state index in [1.54, 1.807) is 13.0 Å². The molecule has 0 amide bonds. The number of aryl methyl sites for hydroxylation is 2. The SMILES string of the molecule is Cc1ccc(-c2cc(F)c(CCc3cc(F)c(-c4ccc5c(F)c(C#CC(F)(F)F)c(F)cc5c4)c(F)c3)c(F)c2)c(F)c1. The number of hydrogen-bond donors (Lipinski definition) is 0. The van der Waals surface area contributed by atoms with E-state index in [1.807, 2.05) is 0 Å². The van der Waals surface area contributed by atoms with E-state index in [0.717, 1.165) is 48.4 Å². The number of halogens is 10. The van der Waals surface area contributed by atoms with E-state index in [-0.39, 0.29) is 51.4 Å². The van der Waals surface area contributed by atoms with Crippen LogP contribution < -0.4 is 0 Å². The van der Waals surface area contributed by atoms with Crippen molar-refractivity contribution in [3.8, 4) is 34.1 Å². The highest BCUT2D eigenvalue weighted by Gasteiger charge is 2.24. The third-order valence-electron chi connectivity index (χ3n) is 6.99. The van der Waals surface area contributed by atoms with Crippen LogP contribution in [-0.4, -0.2) is 6.18 Å². The summed E-state index contributed by atoms with van der Waals surface area (Å²) in [6.07, 6.45) is -5.43. The number of rotatable bonds is 5. The molecule has 0 aliphatic heterocycles. The minimum Gasteiger partial charge on any atom is -0.207 e. The van der Waals surface area contributed by atoms with Crippen LogP contribution in [0.3, 0.4) is 0 Å². The number of alkyl halides is 3. The van der Waals surface area contributed by atoms with Gasteiger partial charge in [0.1, 0.15) is 40.7 Å². The van der Waals surface area contributed by atoms with Crippen molar-refractivity contribution in [2.45, 2.75) is 25.9 Å². The molecule has 5 rings (SSSR count). The molecule has 224 valence electrons. The summed E-state index contributed by atoms with van der Waals surface area (Å²) in [6.45, 7) is 1.67. The Morgan fingerprint density at radius 3 is 1.89 bits per heavy atom. The molecule has 0 fully saturated rings. The molecule has 10 heteroatoms. The summed E-state index contributed by atoms with van der Waals surface area (Å²) >= 11 is 0. The van der Waals surface area contributed by atoms with Gasteiger partial charge >= 0.3 is 6.18 Å². The van der Waals surface area contributed by atoms with Gasteiger partial charge in [-0.2, -0.15) is 13.2 Å². The molecule has 0 unspecified atom stereocenters. The second-order valence-electron chi connectivity index (χ2n) is 10.1. The lowest BCUT2D eigenvalue weighted by Crippen LogP contribution is -2.03. The first-order valence-electron chi connectivity index (χ1n) is 13.0. The van der Waals surface area contributed by atoms with Gasteiger partial charge in [0.25, 0.3) is 0 Å². The Balaban J connectivity index is 1.41. The van der Waals surface area contributed by atoms with Crippen molar-refractivity contribution in [2.24, 2.45) is 0 Å². The summed E-state index contributed by atoms with van der Waals surface area (Å²) in [4.78, 5) is 0. The quantitative estimate of drug-likeness (QED) is 0.136.